The zero-order valence-electron chi connectivity index (χ0n) is 13.3. The van der Waals surface area contributed by atoms with Crippen molar-refractivity contribution in [2.75, 3.05) is 11.9 Å². The molecule has 0 saturated heterocycles. The van der Waals surface area contributed by atoms with Crippen LogP contribution in [0.4, 0.5) is 5.69 Å². The Labute approximate surface area is 122 Å². The Morgan fingerprint density at radius 1 is 1.40 bits per heavy atom. The molecule has 1 saturated carbocycles. The summed E-state index contributed by atoms with van der Waals surface area (Å²) in [5.41, 5.74) is 7.98. The Morgan fingerprint density at radius 3 is 2.75 bits per heavy atom. The molecule has 2 rings (SSSR count). The highest BCUT2D eigenvalue weighted by atomic mass is 15.2. The number of nitrogens with zero attached hydrogens (tertiary/aromatic N) is 3. The van der Waals surface area contributed by atoms with Crippen LogP contribution in [-0.4, -0.2) is 23.1 Å². The molecule has 1 aromatic heterocycles. The molecule has 0 amide bonds. The van der Waals surface area contributed by atoms with Crippen molar-refractivity contribution in [3.63, 3.8) is 0 Å². The average molecular weight is 276 g/mol. The Balaban J connectivity index is 2.22. The number of nitrogens with two attached hydrogens (primary N) is 1. The summed E-state index contributed by atoms with van der Waals surface area (Å²) in [5, 5.41) is 0. The molecular formula is C16H28N4. The van der Waals surface area contributed by atoms with Crippen molar-refractivity contribution in [2.24, 2.45) is 11.7 Å². The fourth-order valence-corrected chi connectivity index (χ4v) is 3.10. The van der Waals surface area contributed by atoms with E-state index in [1.165, 1.54) is 25.7 Å². The Hall–Kier alpha value is -1.16. The molecular weight excluding hydrogens is 248 g/mol. The quantitative estimate of drug-likeness (QED) is 0.918. The highest BCUT2D eigenvalue weighted by Crippen LogP contribution is 2.30. The second-order valence-electron chi connectivity index (χ2n) is 6.46. The third-order valence-corrected chi connectivity index (χ3v) is 4.41. The second kappa shape index (κ2) is 6.53. The van der Waals surface area contributed by atoms with Crippen LogP contribution in [0.15, 0.2) is 6.20 Å². The molecule has 1 aliphatic rings. The first-order valence-electron chi connectivity index (χ1n) is 7.81. The standard InChI is InChI=1S/C16H28N4/c1-11(2)16-18-10-15(14(9-17)19-16)20(4)13-7-5-6-12(3)8-13/h10-13H,5-9,17H2,1-4H3. The van der Waals surface area contributed by atoms with Crippen molar-refractivity contribution in [1.29, 1.82) is 0 Å². The van der Waals surface area contributed by atoms with Gasteiger partial charge in [-0.2, -0.15) is 0 Å². The van der Waals surface area contributed by atoms with Gasteiger partial charge in [0.1, 0.15) is 5.82 Å². The van der Waals surface area contributed by atoms with E-state index in [1.54, 1.807) is 0 Å². The summed E-state index contributed by atoms with van der Waals surface area (Å²) in [6, 6.07) is 0.595. The zero-order valence-corrected chi connectivity index (χ0v) is 13.3. The lowest BCUT2D eigenvalue weighted by Crippen LogP contribution is -2.36. The number of anilines is 1. The minimum Gasteiger partial charge on any atom is -0.369 e. The summed E-state index contributed by atoms with van der Waals surface area (Å²) in [6.45, 7) is 7.05. The number of aromatic nitrogens is 2. The monoisotopic (exact) mass is 276 g/mol. The number of hydrogen-bond donors (Lipinski definition) is 1. The molecule has 4 heteroatoms. The van der Waals surface area contributed by atoms with Gasteiger partial charge in [0.15, 0.2) is 0 Å². The van der Waals surface area contributed by atoms with Crippen molar-refractivity contribution in [1.82, 2.24) is 9.97 Å². The predicted molar refractivity (Wildman–Crippen MR) is 83.8 cm³/mol. The normalized spacial score (nSPS) is 23.1. The maximum atomic E-state index is 5.90. The first-order valence-corrected chi connectivity index (χ1v) is 7.81. The van der Waals surface area contributed by atoms with E-state index < -0.39 is 0 Å². The molecule has 1 aliphatic carbocycles. The van der Waals surface area contributed by atoms with Crippen LogP contribution in [-0.2, 0) is 6.54 Å². The average Bonchev–Trinajstić information content (AvgIpc) is 2.45. The van der Waals surface area contributed by atoms with Crippen LogP contribution in [0, 0.1) is 5.92 Å². The van der Waals surface area contributed by atoms with E-state index in [0.717, 1.165) is 23.1 Å². The second-order valence-corrected chi connectivity index (χ2v) is 6.46. The van der Waals surface area contributed by atoms with E-state index in [4.69, 9.17) is 5.73 Å². The van der Waals surface area contributed by atoms with E-state index in [0.29, 0.717) is 18.5 Å². The SMILES string of the molecule is CC1CCCC(N(C)c2cnc(C(C)C)nc2CN)C1. The van der Waals surface area contributed by atoms with Gasteiger partial charge < -0.3 is 10.6 Å². The van der Waals surface area contributed by atoms with Gasteiger partial charge in [0.25, 0.3) is 0 Å². The van der Waals surface area contributed by atoms with Gasteiger partial charge in [0.2, 0.25) is 0 Å². The predicted octanol–water partition coefficient (Wildman–Crippen LogP) is 3.07. The molecule has 20 heavy (non-hydrogen) atoms. The summed E-state index contributed by atoms with van der Waals surface area (Å²) in [6.07, 6.45) is 7.16. The molecule has 0 aromatic carbocycles. The van der Waals surface area contributed by atoms with Crippen molar-refractivity contribution in [3.8, 4) is 0 Å². The fourth-order valence-electron chi connectivity index (χ4n) is 3.10. The van der Waals surface area contributed by atoms with E-state index in [9.17, 15) is 0 Å². The number of rotatable bonds is 4. The summed E-state index contributed by atoms with van der Waals surface area (Å²) in [4.78, 5) is 11.5. The van der Waals surface area contributed by atoms with Gasteiger partial charge in [-0.05, 0) is 18.8 Å². The highest BCUT2D eigenvalue weighted by molar-refractivity contribution is 5.49. The summed E-state index contributed by atoms with van der Waals surface area (Å²) < 4.78 is 0. The minimum absolute atomic E-state index is 0.342. The Kier molecular flexibility index (Phi) is 4.97. The van der Waals surface area contributed by atoms with E-state index >= 15 is 0 Å². The topological polar surface area (TPSA) is 55.0 Å². The van der Waals surface area contributed by atoms with Gasteiger partial charge in [-0.3, -0.25) is 0 Å². The van der Waals surface area contributed by atoms with Crippen LogP contribution >= 0.6 is 0 Å². The van der Waals surface area contributed by atoms with Gasteiger partial charge in [-0.15, -0.1) is 0 Å². The number of hydrogen-bond acceptors (Lipinski definition) is 4. The lowest BCUT2D eigenvalue weighted by atomic mass is 9.86. The van der Waals surface area contributed by atoms with E-state index in [2.05, 4.69) is 42.7 Å². The lowest BCUT2D eigenvalue weighted by molar-refractivity contribution is 0.336. The molecule has 2 N–H and O–H groups in total. The van der Waals surface area contributed by atoms with Gasteiger partial charge >= 0.3 is 0 Å². The van der Waals surface area contributed by atoms with Gasteiger partial charge in [-0.1, -0.05) is 33.6 Å². The van der Waals surface area contributed by atoms with Gasteiger partial charge in [0, 0.05) is 25.6 Å². The Morgan fingerprint density at radius 2 is 2.15 bits per heavy atom. The summed E-state index contributed by atoms with van der Waals surface area (Å²) >= 11 is 0. The van der Waals surface area contributed by atoms with E-state index in [-0.39, 0.29) is 0 Å². The molecule has 0 aliphatic heterocycles. The molecule has 1 aromatic rings. The molecule has 0 spiro atoms. The van der Waals surface area contributed by atoms with Crippen LogP contribution in [0.2, 0.25) is 0 Å². The van der Waals surface area contributed by atoms with Crippen LogP contribution in [0.25, 0.3) is 0 Å². The maximum Gasteiger partial charge on any atom is 0.131 e. The van der Waals surface area contributed by atoms with Gasteiger partial charge in [-0.25, -0.2) is 9.97 Å². The Bertz CT molecular complexity index is 444. The van der Waals surface area contributed by atoms with Crippen molar-refractivity contribution < 1.29 is 0 Å². The molecule has 2 atom stereocenters. The molecule has 4 nitrogen and oxygen atoms in total. The minimum atomic E-state index is 0.342. The first-order chi connectivity index (χ1) is 9.52. The van der Waals surface area contributed by atoms with Crippen LogP contribution in [0.5, 0.6) is 0 Å². The first kappa shape index (κ1) is 15.2. The van der Waals surface area contributed by atoms with Crippen molar-refractivity contribution in [3.05, 3.63) is 17.7 Å². The third kappa shape index (κ3) is 3.29. The van der Waals surface area contributed by atoms with Crippen LogP contribution in [0.3, 0.4) is 0 Å². The zero-order chi connectivity index (χ0) is 14.7. The van der Waals surface area contributed by atoms with E-state index in [1.807, 2.05) is 6.20 Å². The smallest absolute Gasteiger partial charge is 0.131 e. The molecule has 1 heterocycles. The molecule has 0 bridgehead atoms. The van der Waals surface area contributed by atoms with Crippen LogP contribution in [0.1, 0.15) is 63.9 Å². The summed E-state index contributed by atoms with van der Waals surface area (Å²) in [5.74, 6) is 2.04. The maximum absolute atomic E-state index is 5.90. The highest BCUT2D eigenvalue weighted by Gasteiger charge is 2.24. The van der Waals surface area contributed by atoms with Crippen molar-refractivity contribution >= 4 is 5.69 Å². The molecule has 2 unspecified atom stereocenters. The summed E-state index contributed by atoms with van der Waals surface area (Å²) in [7, 11) is 2.16. The fraction of sp³-hybridized carbons (Fsp3) is 0.750. The third-order valence-electron chi connectivity index (χ3n) is 4.41. The molecule has 0 radical (unpaired) electrons. The van der Waals surface area contributed by atoms with Crippen LogP contribution < -0.4 is 10.6 Å². The largest absolute Gasteiger partial charge is 0.369 e. The van der Waals surface area contributed by atoms with Crippen molar-refractivity contribution in [2.45, 2.75) is 65.0 Å². The van der Waals surface area contributed by atoms with Gasteiger partial charge in [0.05, 0.1) is 17.6 Å². The molecule has 112 valence electrons. The lowest BCUT2D eigenvalue weighted by Gasteiger charge is -2.36. The molecule has 1 fully saturated rings.